The molecule has 1 aliphatic heterocycles. The SMILES string of the molecule is CCCSc1ccccc1NC(=O)NC[C@H]1COCCO1. The lowest BCUT2D eigenvalue weighted by Gasteiger charge is -2.23. The van der Waals surface area contributed by atoms with Crippen LogP contribution in [0.25, 0.3) is 0 Å². The van der Waals surface area contributed by atoms with E-state index in [-0.39, 0.29) is 12.1 Å². The molecule has 21 heavy (non-hydrogen) atoms. The first kappa shape index (κ1) is 16.1. The van der Waals surface area contributed by atoms with E-state index in [1.807, 2.05) is 24.3 Å². The number of carbonyl (C=O) groups excluding carboxylic acids is 1. The molecule has 1 aromatic rings. The Morgan fingerprint density at radius 3 is 3.00 bits per heavy atom. The first-order chi connectivity index (χ1) is 10.3. The zero-order valence-electron chi connectivity index (χ0n) is 12.3. The summed E-state index contributed by atoms with van der Waals surface area (Å²) >= 11 is 1.75. The molecule has 1 heterocycles. The minimum atomic E-state index is -0.214. The van der Waals surface area contributed by atoms with Crippen LogP contribution in [0.4, 0.5) is 10.5 Å². The fraction of sp³-hybridized carbons (Fsp3) is 0.533. The van der Waals surface area contributed by atoms with Crippen LogP contribution in [-0.2, 0) is 9.47 Å². The van der Waals surface area contributed by atoms with Crippen molar-refractivity contribution in [3.8, 4) is 0 Å². The Kier molecular flexibility index (Phi) is 6.85. The van der Waals surface area contributed by atoms with Gasteiger partial charge in [-0.15, -0.1) is 11.8 Å². The second-order valence-corrected chi connectivity index (χ2v) is 5.88. The molecule has 0 spiro atoms. The van der Waals surface area contributed by atoms with Gasteiger partial charge < -0.3 is 20.1 Å². The summed E-state index contributed by atoms with van der Waals surface area (Å²) < 4.78 is 10.8. The average Bonchev–Trinajstić information content (AvgIpc) is 2.53. The van der Waals surface area contributed by atoms with Gasteiger partial charge >= 0.3 is 6.03 Å². The molecule has 1 atom stereocenters. The quantitative estimate of drug-likeness (QED) is 0.793. The summed E-state index contributed by atoms with van der Waals surface area (Å²) in [6, 6.07) is 7.62. The van der Waals surface area contributed by atoms with Crippen LogP contribution in [0.3, 0.4) is 0 Å². The molecule has 2 amide bonds. The number of amides is 2. The summed E-state index contributed by atoms with van der Waals surface area (Å²) in [6.07, 6.45) is 1.04. The summed E-state index contributed by atoms with van der Waals surface area (Å²) in [5.41, 5.74) is 0.842. The van der Waals surface area contributed by atoms with Crippen molar-refractivity contribution in [2.75, 3.05) is 37.4 Å². The summed E-state index contributed by atoms with van der Waals surface area (Å²) in [5, 5.41) is 5.71. The van der Waals surface area contributed by atoms with Gasteiger partial charge in [0.05, 0.1) is 31.6 Å². The van der Waals surface area contributed by atoms with Gasteiger partial charge in [-0.1, -0.05) is 19.1 Å². The topological polar surface area (TPSA) is 59.6 Å². The smallest absolute Gasteiger partial charge is 0.319 e. The molecule has 1 saturated heterocycles. The van der Waals surface area contributed by atoms with Crippen LogP contribution in [0.15, 0.2) is 29.2 Å². The summed E-state index contributed by atoms with van der Waals surface area (Å²) in [6.45, 7) is 4.34. The minimum Gasteiger partial charge on any atom is -0.376 e. The second-order valence-electron chi connectivity index (χ2n) is 4.75. The van der Waals surface area contributed by atoms with Crippen LogP contribution in [0.5, 0.6) is 0 Å². The lowest BCUT2D eigenvalue weighted by atomic mass is 10.3. The van der Waals surface area contributed by atoms with Crippen molar-refractivity contribution in [2.24, 2.45) is 0 Å². The first-order valence-corrected chi connectivity index (χ1v) is 8.24. The van der Waals surface area contributed by atoms with Crippen LogP contribution in [0, 0.1) is 0 Å². The van der Waals surface area contributed by atoms with E-state index in [0.717, 1.165) is 22.8 Å². The van der Waals surface area contributed by atoms with Gasteiger partial charge in [0.2, 0.25) is 0 Å². The number of ether oxygens (including phenoxy) is 2. The van der Waals surface area contributed by atoms with Crippen LogP contribution < -0.4 is 10.6 Å². The van der Waals surface area contributed by atoms with Crippen molar-refractivity contribution >= 4 is 23.5 Å². The molecule has 0 radical (unpaired) electrons. The predicted octanol–water partition coefficient (Wildman–Crippen LogP) is 2.73. The molecule has 116 valence electrons. The van der Waals surface area contributed by atoms with Gasteiger partial charge in [0.1, 0.15) is 0 Å². The van der Waals surface area contributed by atoms with Crippen LogP contribution in [0.2, 0.25) is 0 Å². The maximum atomic E-state index is 12.0. The van der Waals surface area contributed by atoms with Crippen LogP contribution in [-0.4, -0.2) is 44.3 Å². The summed E-state index contributed by atoms with van der Waals surface area (Å²) in [4.78, 5) is 13.0. The number of hydrogen-bond acceptors (Lipinski definition) is 4. The first-order valence-electron chi connectivity index (χ1n) is 7.25. The number of thioether (sulfide) groups is 1. The Bertz CT molecular complexity index is 450. The van der Waals surface area contributed by atoms with Crippen molar-refractivity contribution in [3.63, 3.8) is 0 Å². The number of anilines is 1. The number of nitrogens with one attached hydrogen (secondary N) is 2. The zero-order chi connectivity index (χ0) is 14.9. The third kappa shape index (κ3) is 5.57. The van der Waals surface area contributed by atoms with Crippen molar-refractivity contribution in [1.82, 2.24) is 5.32 Å². The van der Waals surface area contributed by atoms with Crippen molar-refractivity contribution in [3.05, 3.63) is 24.3 Å². The molecule has 0 saturated carbocycles. The Morgan fingerprint density at radius 2 is 2.24 bits per heavy atom. The van der Waals surface area contributed by atoms with E-state index in [9.17, 15) is 4.79 Å². The highest BCUT2D eigenvalue weighted by molar-refractivity contribution is 7.99. The Hall–Kier alpha value is -1.24. The van der Waals surface area contributed by atoms with Gasteiger partial charge in [0, 0.05) is 11.4 Å². The van der Waals surface area contributed by atoms with E-state index in [1.54, 1.807) is 11.8 Å². The monoisotopic (exact) mass is 310 g/mol. The Morgan fingerprint density at radius 1 is 1.38 bits per heavy atom. The van der Waals surface area contributed by atoms with E-state index in [2.05, 4.69) is 17.6 Å². The average molecular weight is 310 g/mol. The van der Waals surface area contributed by atoms with Crippen molar-refractivity contribution in [2.45, 2.75) is 24.3 Å². The highest BCUT2D eigenvalue weighted by Crippen LogP contribution is 2.27. The van der Waals surface area contributed by atoms with Crippen LogP contribution >= 0.6 is 11.8 Å². The van der Waals surface area contributed by atoms with E-state index < -0.39 is 0 Å². The minimum absolute atomic E-state index is 0.0609. The number of hydrogen-bond donors (Lipinski definition) is 2. The summed E-state index contributed by atoms with van der Waals surface area (Å²) in [5.74, 6) is 1.04. The van der Waals surface area contributed by atoms with Gasteiger partial charge in [-0.2, -0.15) is 0 Å². The Labute approximate surface area is 129 Å². The molecular weight excluding hydrogens is 288 g/mol. The van der Waals surface area contributed by atoms with E-state index in [1.165, 1.54) is 0 Å². The van der Waals surface area contributed by atoms with E-state index >= 15 is 0 Å². The molecule has 1 fully saturated rings. The molecule has 1 aliphatic rings. The molecule has 0 bridgehead atoms. The zero-order valence-corrected chi connectivity index (χ0v) is 13.1. The van der Waals surface area contributed by atoms with Gasteiger partial charge in [-0.05, 0) is 24.3 Å². The van der Waals surface area contributed by atoms with E-state index in [0.29, 0.717) is 26.4 Å². The van der Waals surface area contributed by atoms with E-state index in [4.69, 9.17) is 9.47 Å². The lowest BCUT2D eigenvalue weighted by molar-refractivity contribution is -0.0852. The van der Waals surface area contributed by atoms with Gasteiger partial charge in [-0.3, -0.25) is 0 Å². The largest absolute Gasteiger partial charge is 0.376 e. The lowest BCUT2D eigenvalue weighted by Crippen LogP contribution is -2.41. The highest BCUT2D eigenvalue weighted by atomic mass is 32.2. The molecule has 2 N–H and O–H groups in total. The molecule has 2 rings (SSSR count). The number of rotatable bonds is 6. The number of carbonyl (C=O) groups is 1. The molecule has 5 nitrogen and oxygen atoms in total. The van der Waals surface area contributed by atoms with Crippen molar-refractivity contribution in [1.29, 1.82) is 0 Å². The van der Waals surface area contributed by atoms with Crippen LogP contribution in [0.1, 0.15) is 13.3 Å². The highest BCUT2D eigenvalue weighted by Gasteiger charge is 2.15. The number of para-hydroxylation sites is 1. The van der Waals surface area contributed by atoms with Gasteiger partial charge in [-0.25, -0.2) is 4.79 Å². The maximum Gasteiger partial charge on any atom is 0.319 e. The predicted molar refractivity (Wildman–Crippen MR) is 85.0 cm³/mol. The number of urea groups is 1. The van der Waals surface area contributed by atoms with Crippen molar-refractivity contribution < 1.29 is 14.3 Å². The Balaban J connectivity index is 1.81. The molecular formula is C15H22N2O3S. The third-order valence-electron chi connectivity index (χ3n) is 2.97. The fourth-order valence-corrected chi connectivity index (χ4v) is 2.81. The standard InChI is InChI=1S/C15H22N2O3S/c1-2-9-21-14-6-4-3-5-13(14)17-15(18)16-10-12-11-19-7-8-20-12/h3-6,12H,2,7-11H2,1H3,(H2,16,17,18)/t12-/m0/s1. The normalized spacial score (nSPS) is 18.2. The fourth-order valence-electron chi connectivity index (χ4n) is 1.94. The maximum absolute atomic E-state index is 12.0. The molecule has 0 aliphatic carbocycles. The van der Waals surface area contributed by atoms with Gasteiger partial charge in [0.15, 0.2) is 0 Å². The summed E-state index contributed by atoms with van der Waals surface area (Å²) in [7, 11) is 0. The molecule has 0 aromatic heterocycles. The molecule has 1 aromatic carbocycles. The molecule has 0 unspecified atom stereocenters. The second kappa shape index (κ2) is 8.92. The number of benzene rings is 1. The molecule has 6 heteroatoms. The third-order valence-corrected chi connectivity index (χ3v) is 4.25. The van der Waals surface area contributed by atoms with Gasteiger partial charge in [0.25, 0.3) is 0 Å².